The molecule has 0 bridgehead atoms. The number of fused-ring (bicyclic) bond motifs is 3. The molecule has 0 saturated carbocycles. The molecule has 138 valence electrons. The van der Waals surface area contributed by atoms with Gasteiger partial charge in [-0.05, 0) is 17.2 Å². The summed E-state index contributed by atoms with van der Waals surface area (Å²) in [5, 5.41) is 11.9. The number of carbonyl (C=O) groups excluding carboxylic acids is 2. The van der Waals surface area contributed by atoms with Crippen LogP contribution in [0.15, 0.2) is 54.6 Å². The van der Waals surface area contributed by atoms with Gasteiger partial charge in [0.05, 0.1) is 0 Å². The predicted octanol–water partition coefficient (Wildman–Crippen LogP) is 2.07. The average molecular weight is 382 g/mol. The lowest BCUT2D eigenvalue weighted by Gasteiger charge is -2.24. The molecular formula is C20H18N2O4S. The van der Waals surface area contributed by atoms with Crippen LogP contribution in [-0.4, -0.2) is 45.6 Å². The number of hydrogen-bond acceptors (Lipinski definition) is 4. The highest BCUT2D eigenvalue weighted by Gasteiger charge is 2.48. The van der Waals surface area contributed by atoms with Crippen LogP contribution in [0.3, 0.4) is 0 Å². The maximum absolute atomic E-state index is 12.8. The van der Waals surface area contributed by atoms with Crippen molar-refractivity contribution < 1.29 is 19.5 Å². The molecule has 0 aliphatic carbocycles. The van der Waals surface area contributed by atoms with Gasteiger partial charge in [-0.1, -0.05) is 48.5 Å². The largest absolute Gasteiger partial charge is 0.480 e. The Labute approximate surface area is 160 Å². The van der Waals surface area contributed by atoms with Gasteiger partial charge in [0.2, 0.25) is 5.91 Å². The predicted molar refractivity (Wildman–Crippen MR) is 101 cm³/mol. The van der Waals surface area contributed by atoms with Crippen LogP contribution in [-0.2, 0) is 16.0 Å². The van der Waals surface area contributed by atoms with Gasteiger partial charge in [-0.2, -0.15) is 0 Å². The van der Waals surface area contributed by atoms with E-state index in [2.05, 4.69) is 5.32 Å². The summed E-state index contributed by atoms with van der Waals surface area (Å²) in [6, 6.07) is 14.8. The summed E-state index contributed by atoms with van der Waals surface area (Å²) in [4.78, 5) is 38.7. The van der Waals surface area contributed by atoms with Gasteiger partial charge in [-0.3, -0.25) is 9.59 Å². The first-order valence-corrected chi connectivity index (χ1v) is 9.71. The van der Waals surface area contributed by atoms with Crippen LogP contribution in [0.25, 0.3) is 0 Å². The zero-order valence-electron chi connectivity index (χ0n) is 14.4. The van der Waals surface area contributed by atoms with Crippen molar-refractivity contribution in [3.8, 4) is 0 Å². The second kappa shape index (κ2) is 7.08. The van der Waals surface area contributed by atoms with Crippen LogP contribution >= 0.6 is 11.8 Å². The van der Waals surface area contributed by atoms with Gasteiger partial charge >= 0.3 is 5.97 Å². The topological polar surface area (TPSA) is 86.7 Å². The standard InChI is InChI=1S/C20H18N2O4S/c23-17(21-15(20(25)26)10-12-6-2-1-3-7-12)16-11-27-19-14-9-5-4-8-13(14)18(24)22(16)19/h1-9,15-16,19H,10-11H2,(H,21,23)(H,25,26)/t15-,16-,19+/m1/s1. The summed E-state index contributed by atoms with van der Waals surface area (Å²) < 4.78 is 0. The van der Waals surface area contributed by atoms with Crippen LogP contribution < -0.4 is 5.32 Å². The minimum absolute atomic E-state index is 0.171. The molecule has 2 aliphatic heterocycles. The van der Waals surface area contributed by atoms with Crippen LogP contribution in [0.1, 0.15) is 26.9 Å². The van der Waals surface area contributed by atoms with E-state index in [9.17, 15) is 19.5 Å². The monoisotopic (exact) mass is 382 g/mol. The molecule has 1 saturated heterocycles. The number of aliphatic carboxylic acids is 1. The number of benzene rings is 2. The highest BCUT2D eigenvalue weighted by atomic mass is 32.2. The lowest BCUT2D eigenvalue weighted by molar-refractivity contribution is -0.142. The van der Waals surface area contributed by atoms with Crippen LogP contribution in [0, 0.1) is 0 Å². The van der Waals surface area contributed by atoms with Crippen molar-refractivity contribution in [2.24, 2.45) is 0 Å². The van der Waals surface area contributed by atoms with Gasteiger partial charge < -0.3 is 15.3 Å². The van der Waals surface area contributed by atoms with E-state index in [1.165, 1.54) is 11.8 Å². The van der Waals surface area contributed by atoms with Crippen molar-refractivity contribution in [1.29, 1.82) is 0 Å². The van der Waals surface area contributed by atoms with Gasteiger partial charge in [-0.15, -0.1) is 11.8 Å². The molecule has 0 radical (unpaired) electrons. The maximum atomic E-state index is 12.8. The van der Waals surface area contributed by atoms with Crippen molar-refractivity contribution in [2.75, 3.05) is 5.75 Å². The van der Waals surface area contributed by atoms with E-state index in [-0.39, 0.29) is 17.7 Å². The first-order valence-electron chi connectivity index (χ1n) is 8.66. The van der Waals surface area contributed by atoms with Gasteiger partial charge in [0.1, 0.15) is 17.5 Å². The Balaban J connectivity index is 1.50. The van der Waals surface area contributed by atoms with E-state index < -0.39 is 24.0 Å². The maximum Gasteiger partial charge on any atom is 0.326 e. The normalized spacial score (nSPS) is 21.5. The molecule has 3 atom stereocenters. The Morgan fingerprint density at radius 1 is 1.15 bits per heavy atom. The van der Waals surface area contributed by atoms with Gasteiger partial charge in [0.15, 0.2) is 0 Å². The van der Waals surface area contributed by atoms with Crippen molar-refractivity contribution in [3.05, 3.63) is 71.3 Å². The van der Waals surface area contributed by atoms with E-state index in [0.29, 0.717) is 11.3 Å². The minimum atomic E-state index is -1.09. The smallest absolute Gasteiger partial charge is 0.326 e. The first-order chi connectivity index (χ1) is 13.1. The van der Waals surface area contributed by atoms with Crippen molar-refractivity contribution >= 4 is 29.5 Å². The summed E-state index contributed by atoms with van der Waals surface area (Å²) >= 11 is 1.53. The van der Waals surface area contributed by atoms with E-state index in [1.54, 1.807) is 17.0 Å². The number of hydrogen-bond donors (Lipinski definition) is 2. The highest BCUT2D eigenvalue weighted by Crippen LogP contribution is 2.48. The molecule has 2 heterocycles. The SMILES string of the molecule is O=C(N[C@H](Cc1ccccc1)C(=O)O)[C@H]1CS[C@H]2c3ccccc3C(=O)N12. The number of thioether (sulfide) groups is 1. The average Bonchev–Trinajstić information content (AvgIpc) is 3.23. The molecule has 0 spiro atoms. The van der Waals surface area contributed by atoms with Crippen LogP contribution in [0.2, 0.25) is 0 Å². The number of carbonyl (C=O) groups is 3. The van der Waals surface area contributed by atoms with Crippen molar-refractivity contribution in [1.82, 2.24) is 10.2 Å². The van der Waals surface area contributed by atoms with E-state index in [1.807, 2.05) is 42.5 Å². The van der Waals surface area contributed by atoms with Crippen LogP contribution in [0.4, 0.5) is 0 Å². The highest BCUT2D eigenvalue weighted by molar-refractivity contribution is 7.99. The molecule has 1 fully saturated rings. The van der Waals surface area contributed by atoms with Crippen molar-refractivity contribution in [3.63, 3.8) is 0 Å². The lowest BCUT2D eigenvalue weighted by Crippen LogP contribution is -2.51. The Kier molecular flexibility index (Phi) is 4.61. The molecule has 7 heteroatoms. The summed E-state index contributed by atoms with van der Waals surface area (Å²) in [5.41, 5.74) is 2.36. The quantitative estimate of drug-likeness (QED) is 0.827. The third-order valence-corrected chi connectivity index (χ3v) is 6.20. The summed E-state index contributed by atoms with van der Waals surface area (Å²) in [7, 11) is 0. The summed E-state index contributed by atoms with van der Waals surface area (Å²) in [6.07, 6.45) is 0.194. The van der Waals surface area contributed by atoms with Gasteiger partial charge in [-0.25, -0.2) is 4.79 Å². The summed E-state index contributed by atoms with van der Waals surface area (Å²) in [5.74, 6) is -1.23. The second-order valence-electron chi connectivity index (χ2n) is 6.59. The fourth-order valence-corrected chi connectivity index (χ4v) is 5.02. The van der Waals surface area contributed by atoms with E-state index in [4.69, 9.17) is 0 Å². The number of amides is 2. The molecule has 6 nitrogen and oxygen atoms in total. The molecule has 2 amide bonds. The Morgan fingerprint density at radius 2 is 1.85 bits per heavy atom. The van der Waals surface area contributed by atoms with Crippen molar-refractivity contribution in [2.45, 2.75) is 23.9 Å². The number of nitrogens with zero attached hydrogens (tertiary/aromatic N) is 1. The second-order valence-corrected chi connectivity index (χ2v) is 7.70. The zero-order valence-corrected chi connectivity index (χ0v) is 15.2. The first kappa shape index (κ1) is 17.6. The van der Waals surface area contributed by atoms with E-state index in [0.717, 1.165) is 11.1 Å². The fourth-order valence-electron chi connectivity index (χ4n) is 3.56. The zero-order chi connectivity index (χ0) is 19.0. The molecule has 2 N–H and O–H groups in total. The van der Waals surface area contributed by atoms with Crippen LogP contribution in [0.5, 0.6) is 0 Å². The lowest BCUT2D eigenvalue weighted by atomic mass is 10.1. The fraction of sp³-hybridized carbons (Fsp3) is 0.250. The Bertz CT molecular complexity index is 902. The molecular weight excluding hydrogens is 364 g/mol. The number of carboxylic acid groups (broad SMARTS) is 1. The molecule has 0 aromatic heterocycles. The minimum Gasteiger partial charge on any atom is -0.480 e. The molecule has 2 aromatic rings. The third-order valence-electron chi connectivity index (χ3n) is 4.89. The van der Waals surface area contributed by atoms with Gasteiger partial charge in [0, 0.05) is 17.7 Å². The van der Waals surface area contributed by atoms with Gasteiger partial charge in [0.25, 0.3) is 5.91 Å². The number of nitrogens with one attached hydrogen (secondary N) is 1. The van der Waals surface area contributed by atoms with E-state index >= 15 is 0 Å². The molecule has 2 aromatic carbocycles. The summed E-state index contributed by atoms with van der Waals surface area (Å²) in [6.45, 7) is 0. The Morgan fingerprint density at radius 3 is 2.59 bits per heavy atom. The number of carboxylic acids is 1. The molecule has 4 rings (SSSR count). The molecule has 0 unspecified atom stereocenters. The third kappa shape index (κ3) is 3.19. The molecule has 2 aliphatic rings. The molecule has 27 heavy (non-hydrogen) atoms. The number of rotatable bonds is 5. The Hall–Kier alpha value is -2.80.